The highest BCUT2D eigenvalue weighted by Crippen LogP contribution is 2.17. The van der Waals surface area contributed by atoms with Crippen LogP contribution in [0.2, 0.25) is 0 Å². The third-order valence-electron chi connectivity index (χ3n) is 2.59. The van der Waals surface area contributed by atoms with Crippen LogP contribution < -0.4 is 11.3 Å². The number of hydrogen-bond acceptors (Lipinski definition) is 2. The predicted molar refractivity (Wildman–Crippen MR) is 58.6 cm³/mol. The fraction of sp³-hybridized carbons (Fsp3) is 0.700. The minimum atomic E-state index is -0.0944. The third kappa shape index (κ3) is 1.69. The van der Waals surface area contributed by atoms with Crippen molar-refractivity contribution in [1.82, 2.24) is 9.78 Å². The van der Waals surface area contributed by atoms with E-state index in [1.54, 1.807) is 4.68 Å². The Morgan fingerprint density at radius 3 is 2.36 bits per heavy atom. The van der Waals surface area contributed by atoms with E-state index in [4.69, 9.17) is 5.73 Å². The average Bonchev–Trinajstić information content (AvgIpc) is 2.43. The number of anilines is 1. The van der Waals surface area contributed by atoms with Crippen LogP contribution in [0.3, 0.4) is 0 Å². The monoisotopic (exact) mass is 197 g/mol. The van der Waals surface area contributed by atoms with Gasteiger partial charge in [-0.1, -0.05) is 20.8 Å². The molecule has 1 unspecified atom stereocenters. The van der Waals surface area contributed by atoms with Crippen LogP contribution in [-0.2, 0) is 0 Å². The molecular weight excluding hydrogens is 178 g/mol. The van der Waals surface area contributed by atoms with Crippen LogP contribution in [0.25, 0.3) is 0 Å². The number of nitrogens with zero attached hydrogens (tertiary/aromatic N) is 1. The first-order valence-corrected chi connectivity index (χ1v) is 5.08. The quantitative estimate of drug-likeness (QED) is 0.776. The lowest BCUT2D eigenvalue weighted by atomic mass is 10.1. The van der Waals surface area contributed by atoms with E-state index in [1.165, 1.54) is 0 Å². The second-order valence-electron chi connectivity index (χ2n) is 4.03. The summed E-state index contributed by atoms with van der Waals surface area (Å²) in [5.74, 6) is 0.257. The lowest BCUT2D eigenvalue weighted by molar-refractivity contribution is 0.460. The van der Waals surface area contributed by atoms with Crippen molar-refractivity contribution in [2.24, 2.45) is 0 Å². The zero-order valence-electron chi connectivity index (χ0n) is 9.29. The molecule has 1 heterocycles. The maximum atomic E-state index is 11.7. The van der Waals surface area contributed by atoms with Crippen LogP contribution in [-0.4, -0.2) is 9.78 Å². The van der Waals surface area contributed by atoms with Crippen molar-refractivity contribution in [2.45, 2.75) is 46.1 Å². The Hall–Kier alpha value is -1.19. The van der Waals surface area contributed by atoms with Gasteiger partial charge in [0.2, 0.25) is 0 Å². The smallest absolute Gasteiger partial charge is 0.290 e. The maximum Gasteiger partial charge on any atom is 0.290 e. The molecule has 0 fully saturated rings. The van der Waals surface area contributed by atoms with Crippen molar-refractivity contribution in [1.29, 1.82) is 0 Å². The zero-order valence-corrected chi connectivity index (χ0v) is 9.29. The number of rotatable bonds is 3. The van der Waals surface area contributed by atoms with Gasteiger partial charge in [-0.2, -0.15) is 0 Å². The second kappa shape index (κ2) is 3.90. The van der Waals surface area contributed by atoms with Crippen molar-refractivity contribution in [3.05, 3.63) is 16.0 Å². The Kier molecular flexibility index (Phi) is 3.03. The SMILES string of the molecule is CCC(C)n1[nH]c(C(C)C)c(N)c1=O. The van der Waals surface area contributed by atoms with Gasteiger partial charge in [0.25, 0.3) is 5.56 Å². The first kappa shape index (κ1) is 10.9. The predicted octanol–water partition coefficient (Wildman–Crippen LogP) is 1.85. The number of H-pyrrole nitrogens is 1. The summed E-state index contributed by atoms with van der Waals surface area (Å²) in [6.45, 7) is 8.08. The molecule has 0 bridgehead atoms. The minimum Gasteiger partial charge on any atom is -0.393 e. The first-order valence-electron chi connectivity index (χ1n) is 5.08. The minimum absolute atomic E-state index is 0.0944. The second-order valence-corrected chi connectivity index (χ2v) is 4.03. The van der Waals surface area contributed by atoms with Crippen molar-refractivity contribution in [3.8, 4) is 0 Å². The van der Waals surface area contributed by atoms with Crippen molar-refractivity contribution < 1.29 is 0 Å². The Balaban J connectivity index is 3.22. The summed E-state index contributed by atoms with van der Waals surface area (Å²) >= 11 is 0. The van der Waals surface area contributed by atoms with Gasteiger partial charge < -0.3 is 5.73 Å². The molecule has 80 valence electrons. The molecule has 0 saturated carbocycles. The van der Waals surface area contributed by atoms with Gasteiger partial charge in [0.05, 0.1) is 11.7 Å². The molecule has 0 aliphatic carbocycles. The van der Waals surface area contributed by atoms with E-state index < -0.39 is 0 Å². The molecule has 0 radical (unpaired) electrons. The van der Waals surface area contributed by atoms with Crippen LogP contribution in [0.5, 0.6) is 0 Å². The Morgan fingerprint density at radius 2 is 2.00 bits per heavy atom. The largest absolute Gasteiger partial charge is 0.393 e. The van der Waals surface area contributed by atoms with Crippen LogP contribution in [0.15, 0.2) is 4.79 Å². The molecule has 1 aromatic rings. The molecule has 0 spiro atoms. The van der Waals surface area contributed by atoms with Crippen molar-refractivity contribution in [3.63, 3.8) is 0 Å². The highest BCUT2D eigenvalue weighted by atomic mass is 16.1. The van der Waals surface area contributed by atoms with E-state index in [9.17, 15) is 4.79 Å². The highest BCUT2D eigenvalue weighted by Gasteiger charge is 2.15. The van der Waals surface area contributed by atoms with E-state index in [1.807, 2.05) is 27.7 Å². The number of aromatic amines is 1. The topological polar surface area (TPSA) is 63.8 Å². The molecule has 14 heavy (non-hydrogen) atoms. The molecule has 0 amide bonds. The highest BCUT2D eigenvalue weighted by molar-refractivity contribution is 5.42. The number of nitrogens with two attached hydrogens (primary N) is 1. The van der Waals surface area contributed by atoms with Crippen LogP contribution >= 0.6 is 0 Å². The summed E-state index contributed by atoms with van der Waals surface area (Å²) in [6, 6.07) is 0.178. The molecular formula is C10H19N3O. The van der Waals surface area contributed by atoms with Gasteiger partial charge in [-0.15, -0.1) is 0 Å². The lowest BCUT2D eigenvalue weighted by Crippen LogP contribution is -2.21. The molecule has 0 aliphatic rings. The Morgan fingerprint density at radius 1 is 1.43 bits per heavy atom. The molecule has 3 N–H and O–H groups in total. The van der Waals surface area contributed by atoms with Gasteiger partial charge in [-0.05, 0) is 19.3 Å². The van der Waals surface area contributed by atoms with Crippen LogP contribution in [0.1, 0.15) is 51.8 Å². The third-order valence-corrected chi connectivity index (χ3v) is 2.59. The summed E-state index contributed by atoms with van der Waals surface area (Å²) in [6.07, 6.45) is 0.914. The number of hydrogen-bond donors (Lipinski definition) is 2. The maximum absolute atomic E-state index is 11.7. The summed E-state index contributed by atoms with van der Waals surface area (Å²) in [5, 5.41) is 3.08. The van der Waals surface area contributed by atoms with Gasteiger partial charge >= 0.3 is 0 Å². The molecule has 4 heteroatoms. The van der Waals surface area contributed by atoms with Gasteiger partial charge in [-0.25, -0.2) is 4.68 Å². The van der Waals surface area contributed by atoms with Gasteiger partial charge in [0.15, 0.2) is 0 Å². The van der Waals surface area contributed by atoms with E-state index in [0.717, 1.165) is 12.1 Å². The summed E-state index contributed by atoms with van der Waals surface area (Å²) in [7, 11) is 0. The first-order chi connectivity index (χ1) is 6.49. The fourth-order valence-corrected chi connectivity index (χ4v) is 1.42. The van der Waals surface area contributed by atoms with Gasteiger partial charge in [0, 0.05) is 0 Å². The molecule has 1 rings (SSSR count). The molecule has 1 aromatic heterocycles. The molecule has 0 saturated heterocycles. The summed E-state index contributed by atoms with van der Waals surface area (Å²) in [5.41, 5.74) is 6.84. The van der Waals surface area contributed by atoms with E-state index >= 15 is 0 Å². The summed E-state index contributed by atoms with van der Waals surface area (Å²) in [4.78, 5) is 11.7. The van der Waals surface area contributed by atoms with Gasteiger partial charge in [-0.3, -0.25) is 9.89 Å². The number of nitrogens with one attached hydrogen (secondary N) is 1. The van der Waals surface area contributed by atoms with Crippen LogP contribution in [0.4, 0.5) is 5.69 Å². The zero-order chi connectivity index (χ0) is 10.9. The molecule has 1 atom stereocenters. The van der Waals surface area contributed by atoms with E-state index in [-0.39, 0.29) is 17.5 Å². The van der Waals surface area contributed by atoms with E-state index in [0.29, 0.717) is 5.69 Å². The molecule has 4 nitrogen and oxygen atoms in total. The van der Waals surface area contributed by atoms with Crippen molar-refractivity contribution in [2.75, 3.05) is 5.73 Å². The average molecular weight is 197 g/mol. The van der Waals surface area contributed by atoms with Crippen LogP contribution in [0, 0.1) is 0 Å². The normalized spacial score (nSPS) is 13.5. The fourth-order valence-electron chi connectivity index (χ4n) is 1.42. The lowest BCUT2D eigenvalue weighted by Gasteiger charge is -2.09. The number of aromatic nitrogens is 2. The number of nitrogen functional groups attached to an aromatic ring is 1. The van der Waals surface area contributed by atoms with E-state index in [2.05, 4.69) is 5.10 Å². The molecule has 0 aromatic carbocycles. The molecule has 0 aliphatic heterocycles. The Labute approximate surface area is 84.1 Å². The Bertz CT molecular complexity index is 362. The van der Waals surface area contributed by atoms with Crippen molar-refractivity contribution >= 4 is 5.69 Å². The standard InChI is InChI=1S/C10H19N3O/c1-5-7(4)13-10(14)8(11)9(12-13)6(2)3/h6-7,12H,5,11H2,1-4H3. The van der Waals surface area contributed by atoms with Gasteiger partial charge in [0.1, 0.15) is 5.69 Å². The summed E-state index contributed by atoms with van der Waals surface area (Å²) < 4.78 is 1.62.